The van der Waals surface area contributed by atoms with E-state index in [0.717, 1.165) is 77.8 Å². The normalized spacial score (nSPS) is 19.1. The molecule has 0 radical (unpaired) electrons. The number of hydrogen-bond acceptors (Lipinski definition) is 2. The van der Waals surface area contributed by atoms with Gasteiger partial charge in [-0.3, -0.25) is 0 Å². The van der Waals surface area contributed by atoms with Crippen LogP contribution in [0, 0.1) is 40.4 Å². The molecule has 7 heteroatoms. The Kier molecular flexibility index (Phi) is 15.8. The fourth-order valence-corrected chi connectivity index (χ4v) is 10.2. The van der Waals surface area contributed by atoms with Crippen molar-refractivity contribution in [3.05, 3.63) is 94.1 Å². The predicted molar refractivity (Wildman–Crippen MR) is 216 cm³/mol. The van der Waals surface area contributed by atoms with Crippen molar-refractivity contribution in [3.63, 3.8) is 0 Å². The molecule has 53 heavy (non-hydrogen) atoms. The zero-order valence-corrected chi connectivity index (χ0v) is 37.6. The summed E-state index contributed by atoms with van der Waals surface area (Å²) >= 11 is 0. The second-order valence-electron chi connectivity index (χ2n) is 15.6. The van der Waals surface area contributed by atoms with Gasteiger partial charge in [0.1, 0.15) is 0 Å². The maximum atomic E-state index is 5.61. The first-order valence-corrected chi connectivity index (χ1v) is 21.0. The average molecular weight is 861 g/mol. The molecule has 4 aromatic rings. The summed E-state index contributed by atoms with van der Waals surface area (Å²) in [5.41, 5.74) is 9.75. The van der Waals surface area contributed by atoms with E-state index in [1.807, 2.05) is 0 Å². The molecule has 6 nitrogen and oxygen atoms in total. The third kappa shape index (κ3) is 7.62. The molecule has 294 valence electrons. The Hall–Kier alpha value is -1.62. The van der Waals surface area contributed by atoms with Crippen molar-refractivity contribution in [2.45, 2.75) is 154 Å². The summed E-state index contributed by atoms with van der Waals surface area (Å²) in [6.45, 7) is 22.7. The minimum absolute atomic E-state index is 0. The maximum Gasteiger partial charge on any atom is 0.0466 e. The van der Waals surface area contributed by atoms with E-state index in [1.54, 1.807) is 0 Å². The van der Waals surface area contributed by atoms with Crippen LogP contribution in [0.4, 0.5) is 0 Å². The van der Waals surface area contributed by atoms with E-state index < -0.39 is 0 Å². The molecule has 4 aromatic heterocycles. The molecule has 2 saturated heterocycles. The van der Waals surface area contributed by atoms with Gasteiger partial charge in [-0.15, -0.1) is 22.8 Å². The van der Waals surface area contributed by atoms with Gasteiger partial charge in [0.2, 0.25) is 0 Å². The van der Waals surface area contributed by atoms with E-state index >= 15 is 0 Å². The molecule has 7 heterocycles. The monoisotopic (exact) mass is 862 g/mol. The fourth-order valence-electron chi connectivity index (χ4n) is 10.2. The van der Waals surface area contributed by atoms with Gasteiger partial charge in [-0.25, -0.2) is 0 Å². The third-order valence-corrected chi connectivity index (χ3v) is 13.9. The van der Waals surface area contributed by atoms with Crippen LogP contribution in [0.1, 0.15) is 178 Å². The summed E-state index contributed by atoms with van der Waals surface area (Å²) in [4.78, 5) is 11.2. The topological polar surface area (TPSA) is 56.5 Å². The number of fused-ring (bicyclic) bond motifs is 8. The SMILES string of the molecule is C1CCOC1.C1CCOC1.CCC1(CC)c2ccc([n-]2)C(CC)(CC)c2ccc(n2C)C(CC)(CC)c2ccc([n-]2)C(CC)(CC)c2ccc1n2C.[Sm]. The van der Waals surface area contributed by atoms with Gasteiger partial charge in [-0.05, 0) is 101 Å². The molecular formula is C46H70N4O2Sm-2. The molecule has 3 aliphatic rings. The van der Waals surface area contributed by atoms with E-state index in [0.29, 0.717) is 0 Å². The molecule has 8 bridgehead atoms. The van der Waals surface area contributed by atoms with Crippen LogP contribution in [-0.2, 0) is 45.2 Å². The first kappa shape index (κ1) is 44.1. The Bertz CT molecular complexity index is 1440. The molecule has 0 amide bonds. The average Bonchev–Trinajstić information content (AvgIpc) is 4.02. The largest absolute Gasteiger partial charge is 0.663 e. The quantitative estimate of drug-likeness (QED) is 0.177. The summed E-state index contributed by atoms with van der Waals surface area (Å²) in [6.07, 6.45) is 13.2. The molecule has 0 aromatic carbocycles. The standard InChI is InChI=1S/C38H54N4.2C4H8O.Sm/c1-11-35(12-2)27-19-20-28(39-27)36(13-3,14-4)33-25-26-34(42(33)10)38(17-7,18-8)30-22-21-29(40-30)37(15-5,16-6)32-24-23-31(35)41(32)9;2*1-2-4-5-3-1;/h19-26H,11-18H2,1-10H3;2*1-4H2;/q-2;;;. The van der Waals surface area contributed by atoms with E-state index in [2.05, 4.69) is 127 Å². The van der Waals surface area contributed by atoms with E-state index in [-0.39, 0.29) is 62.0 Å². The van der Waals surface area contributed by atoms with Crippen LogP contribution in [0.2, 0.25) is 0 Å². The molecule has 0 aliphatic carbocycles. The third-order valence-electron chi connectivity index (χ3n) is 13.9. The summed E-state index contributed by atoms with van der Waals surface area (Å²) in [6, 6.07) is 19.0. The van der Waals surface area contributed by atoms with Crippen molar-refractivity contribution in [1.29, 1.82) is 0 Å². The summed E-state index contributed by atoms with van der Waals surface area (Å²) < 4.78 is 14.9. The molecular weight excluding hydrogens is 791 g/mol. The first-order valence-electron chi connectivity index (χ1n) is 21.0. The van der Waals surface area contributed by atoms with Gasteiger partial charge in [0.15, 0.2) is 0 Å². The number of rotatable bonds is 8. The van der Waals surface area contributed by atoms with Gasteiger partial charge >= 0.3 is 0 Å². The summed E-state index contributed by atoms with van der Waals surface area (Å²) in [7, 11) is 4.58. The first-order chi connectivity index (χ1) is 25.2. The Morgan fingerprint density at radius 3 is 0.774 bits per heavy atom. The summed E-state index contributed by atoms with van der Waals surface area (Å²) in [5.74, 6) is 0. The van der Waals surface area contributed by atoms with Crippen molar-refractivity contribution < 1.29 is 49.9 Å². The van der Waals surface area contributed by atoms with Crippen molar-refractivity contribution in [1.82, 2.24) is 19.1 Å². The van der Waals surface area contributed by atoms with Crippen molar-refractivity contribution in [3.8, 4) is 0 Å². The number of nitrogens with zero attached hydrogens (tertiary/aromatic N) is 4. The summed E-state index contributed by atoms with van der Waals surface area (Å²) in [5, 5.41) is 0. The van der Waals surface area contributed by atoms with Crippen LogP contribution >= 0.6 is 0 Å². The fraction of sp³-hybridized carbons (Fsp3) is 0.652. The Morgan fingerprint density at radius 2 is 0.623 bits per heavy atom. The van der Waals surface area contributed by atoms with Gasteiger partial charge in [-0.2, -0.15) is 0 Å². The molecule has 2 fully saturated rings. The predicted octanol–water partition coefficient (Wildman–Crippen LogP) is 10.6. The molecule has 0 unspecified atom stereocenters. The number of aromatic nitrogens is 4. The molecule has 0 spiro atoms. The number of ether oxygens (including phenoxy) is 2. The van der Waals surface area contributed by atoms with Crippen LogP contribution in [0.5, 0.6) is 0 Å². The minimum atomic E-state index is -0.147. The van der Waals surface area contributed by atoms with Crippen molar-refractivity contribution in [2.24, 2.45) is 14.1 Å². The van der Waals surface area contributed by atoms with Crippen molar-refractivity contribution >= 4 is 0 Å². The Balaban J connectivity index is 0.000000492. The van der Waals surface area contributed by atoms with Crippen LogP contribution in [-0.4, -0.2) is 35.6 Å². The Morgan fingerprint density at radius 1 is 0.415 bits per heavy atom. The van der Waals surface area contributed by atoms with Crippen LogP contribution in [0.15, 0.2) is 48.5 Å². The van der Waals surface area contributed by atoms with Crippen LogP contribution in [0.25, 0.3) is 0 Å². The van der Waals surface area contributed by atoms with Gasteiger partial charge in [0.05, 0.1) is 0 Å². The second-order valence-corrected chi connectivity index (χ2v) is 15.6. The maximum absolute atomic E-state index is 5.61. The smallest absolute Gasteiger partial charge is 0.0466 e. The second kappa shape index (κ2) is 19.0. The molecule has 0 saturated carbocycles. The van der Waals surface area contributed by atoms with Crippen molar-refractivity contribution in [2.75, 3.05) is 26.4 Å². The molecule has 7 rings (SSSR count). The van der Waals surface area contributed by atoms with E-state index in [9.17, 15) is 0 Å². The van der Waals surface area contributed by atoms with Gasteiger partial charge in [-0.1, -0.05) is 79.7 Å². The molecule has 0 N–H and O–H groups in total. The van der Waals surface area contributed by atoms with Gasteiger partial charge in [0, 0.05) is 125 Å². The zero-order chi connectivity index (χ0) is 37.6. The minimum Gasteiger partial charge on any atom is -0.663 e. The van der Waals surface area contributed by atoms with Crippen LogP contribution in [0.3, 0.4) is 0 Å². The molecule has 0 atom stereocenters. The Labute approximate surface area is 355 Å². The van der Waals surface area contributed by atoms with Gasteiger partial charge < -0.3 is 28.6 Å². The number of hydrogen-bond donors (Lipinski definition) is 0. The van der Waals surface area contributed by atoms with Crippen LogP contribution < -0.4 is 9.97 Å². The van der Waals surface area contributed by atoms with E-state index in [1.165, 1.54) is 71.2 Å². The van der Waals surface area contributed by atoms with Gasteiger partial charge in [0.25, 0.3) is 0 Å². The zero-order valence-electron chi connectivity index (χ0n) is 34.9. The van der Waals surface area contributed by atoms with E-state index in [4.69, 9.17) is 19.4 Å². The molecule has 3 aliphatic heterocycles.